The van der Waals surface area contributed by atoms with Crippen LogP contribution < -0.4 is 9.62 Å². The highest BCUT2D eigenvalue weighted by molar-refractivity contribution is 7.92. The fourth-order valence-corrected chi connectivity index (χ4v) is 5.67. The summed E-state index contributed by atoms with van der Waals surface area (Å²) in [6, 6.07) is 20.3. The van der Waals surface area contributed by atoms with E-state index >= 15 is 0 Å². The molecule has 0 saturated heterocycles. The topological polar surface area (TPSA) is 86.8 Å². The van der Waals surface area contributed by atoms with Gasteiger partial charge in [-0.3, -0.25) is 13.9 Å². The molecule has 3 aromatic rings. The highest BCUT2D eigenvalue weighted by Gasteiger charge is 2.33. The first-order valence-corrected chi connectivity index (χ1v) is 14.1. The second-order valence-electron chi connectivity index (χ2n) is 9.90. The van der Waals surface area contributed by atoms with Crippen molar-refractivity contribution in [1.29, 1.82) is 0 Å². The molecule has 0 unspecified atom stereocenters. The Morgan fingerprint density at radius 1 is 0.842 bits per heavy atom. The van der Waals surface area contributed by atoms with Crippen LogP contribution in [0.3, 0.4) is 0 Å². The van der Waals surface area contributed by atoms with E-state index in [9.17, 15) is 18.0 Å². The monoisotopic (exact) mass is 535 g/mol. The molecule has 0 fully saturated rings. The summed E-state index contributed by atoms with van der Waals surface area (Å²) < 4.78 is 28.9. The van der Waals surface area contributed by atoms with Crippen LogP contribution in [-0.4, -0.2) is 43.8 Å². The molecule has 38 heavy (non-hydrogen) atoms. The molecule has 1 atom stereocenters. The minimum absolute atomic E-state index is 0.0877. The average Bonchev–Trinajstić information content (AvgIpc) is 2.88. The molecular weight excluding hydrogens is 498 g/mol. The molecule has 2 amide bonds. The number of amides is 2. The van der Waals surface area contributed by atoms with Gasteiger partial charge in [0.2, 0.25) is 11.8 Å². The summed E-state index contributed by atoms with van der Waals surface area (Å²) in [5.74, 6) is -0.772. The van der Waals surface area contributed by atoms with Gasteiger partial charge in [-0.25, -0.2) is 8.42 Å². The lowest BCUT2D eigenvalue weighted by atomic mass is 10.1. The van der Waals surface area contributed by atoms with Crippen LogP contribution in [0.2, 0.25) is 0 Å². The standard InChI is InChI=1S/C30H37N3O4S/c1-21(2)31-30(35)25(6)32(19-26-13-11-10-12-23(26)4)29(34)20-33(28-18-22(3)16-17-24(28)5)38(36,37)27-14-8-7-9-15-27/h7-18,21,25H,19-20H2,1-6H3,(H,31,35)/t25-/m0/s1. The van der Waals surface area contributed by atoms with Gasteiger partial charge in [0.15, 0.2) is 0 Å². The maximum Gasteiger partial charge on any atom is 0.264 e. The zero-order chi connectivity index (χ0) is 28.0. The van der Waals surface area contributed by atoms with Crippen molar-refractivity contribution in [3.8, 4) is 0 Å². The molecule has 0 spiro atoms. The van der Waals surface area contributed by atoms with E-state index in [2.05, 4.69) is 5.32 Å². The number of sulfonamides is 1. The molecule has 0 saturated carbocycles. The third-order valence-electron chi connectivity index (χ3n) is 6.44. The molecule has 0 aliphatic rings. The van der Waals surface area contributed by atoms with Crippen molar-refractivity contribution in [3.05, 3.63) is 95.1 Å². The van der Waals surface area contributed by atoms with Crippen molar-refractivity contribution in [1.82, 2.24) is 10.2 Å². The van der Waals surface area contributed by atoms with Crippen LogP contribution in [0.4, 0.5) is 5.69 Å². The summed E-state index contributed by atoms with van der Waals surface area (Å²) in [5, 5.41) is 2.87. The van der Waals surface area contributed by atoms with E-state index in [1.807, 2.05) is 71.0 Å². The lowest BCUT2D eigenvalue weighted by Gasteiger charge is -2.33. The van der Waals surface area contributed by atoms with E-state index in [1.165, 1.54) is 17.0 Å². The number of nitrogens with zero attached hydrogens (tertiary/aromatic N) is 2. The highest BCUT2D eigenvalue weighted by Crippen LogP contribution is 2.28. The molecule has 0 bridgehead atoms. The van der Waals surface area contributed by atoms with E-state index in [0.29, 0.717) is 5.69 Å². The average molecular weight is 536 g/mol. The smallest absolute Gasteiger partial charge is 0.264 e. The van der Waals surface area contributed by atoms with E-state index in [4.69, 9.17) is 0 Å². The number of hydrogen-bond acceptors (Lipinski definition) is 4. The quantitative estimate of drug-likeness (QED) is 0.406. The molecule has 202 valence electrons. The van der Waals surface area contributed by atoms with Gasteiger partial charge in [-0.15, -0.1) is 0 Å². The lowest BCUT2D eigenvalue weighted by molar-refractivity contribution is -0.139. The summed E-state index contributed by atoms with van der Waals surface area (Å²) in [6.45, 7) is 10.7. The van der Waals surface area contributed by atoms with Crippen LogP contribution >= 0.6 is 0 Å². The molecular formula is C30H37N3O4S. The second kappa shape index (κ2) is 12.3. The Hall–Kier alpha value is -3.65. The van der Waals surface area contributed by atoms with Crippen LogP contribution in [0.25, 0.3) is 0 Å². The molecule has 8 heteroatoms. The number of aryl methyl sites for hydroxylation is 3. The molecule has 3 aromatic carbocycles. The van der Waals surface area contributed by atoms with Gasteiger partial charge in [0, 0.05) is 12.6 Å². The van der Waals surface area contributed by atoms with Crippen LogP contribution in [0.5, 0.6) is 0 Å². The third-order valence-corrected chi connectivity index (χ3v) is 8.22. The van der Waals surface area contributed by atoms with E-state index in [1.54, 1.807) is 31.2 Å². The predicted octanol–water partition coefficient (Wildman–Crippen LogP) is 4.75. The zero-order valence-electron chi connectivity index (χ0n) is 22.9. The number of rotatable bonds is 10. The van der Waals surface area contributed by atoms with Crippen LogP contribution in [-0.2, 0) is 26.2 Å². The lowest BCUT2D eigenvalue weighted by Crippen LogP contribution is -2.52. The third kappa shape index (κ3) is 6.81. The Bertz CT molecular complexity index is 1390. The Balaban J connectivity index is 2.08. The summed E-state index contributed by atoms with van der Waals surface area (Å²) in [5.41, 5.74) is 3.88. The maximum atomic E-state index is 14.0. The van der Waals surface area contributed by atoms with Crippen molar-refractivity contribution < 1.29 is 18.0 Å². The number of carbonyl (C=O) groups excluding carboxylic acids is 2. The largest absolute Gasteiger partial charge is 0.352 e. The van der Waals surface area contributed by atoms with E-state index < -0.39 is 28.5 Å². The number of hydrogen-bond donors (Lipinski definition) is 1. The van der Waals surface area contributed by atoms with Gasteiger partial charge < -0.3 is 10.2 Å². The summed E-state index contributed by atoms with van der Waals surface area (Å²) in [6.07, 6.45) is 0. The number of nitrogens with one attached hydrogen (secondary N) is 1. The molecule has 3 rings (SSSR count). The van der Waals surface area contributed by atoms with Crippen molar-refractivity contribution in [2.45, 2.75) is 65.1 Å². The van der Waals surface area contributed by atoms with E-state index in [0.717, 1.165) is 26.6 Å². The summed E-state index contributed by atoms with van der Waals surface area (Å²) >= 11 is 0. The summed E-state index contributed by atoms with van der Waals surface area (Å²) in [4.78, 5) is 28.5. The molecule has 0 aliphatic carbocycles. The van der Waals surface area contributed by atoms with Crippen LogP contribution in [0.15, 0.2) is 77.7 Å². The van der Waals surface area contributed by atoms with Gasteiger partial charge in [0.1, 0.15) is 12.6 Å². The minimum atomic E-state index is -4.08. The fraction of sp³-hybridized carbons (Fsp3) is 0.333. The number of benzene rings is 3. The van der Waals surface area contributed by atoms with Gasteiger partial charge in [0.05, 0.1) is 10.6 Å². The molecule has 0 aromatic heterocycles. The Kier molecular flexibility index (Phi) is 9.33. The van der Waals surface area contributed by atoms with Gasteiger partial charge in [-0.1, -0.05) is 54.6 Å². The van der Waals surface area contributed by atoms with Crippen molar-refractivity contribution in [3.63, 3.8) is 0 Å². The normalized spacial score (nSPS) is 12.2. The van der Waals surface area contributed by atoms with Crippen LogP contribution in [0.1, 0.15) is 43.0 Å². The molecule has 0 aliphatic heterocycles. The van der Waals surface area contributed by atoms with Crippen LogP contribution in [0, 0.1) is 20.8 Å². The van der Waals surface area contributed by atoms with Crippen molar-refractivity contribution >= 4 is 27.5 Å². The Morgan fingerprint density at radius 3 is 2.11 bits per heavy atom. The first-order chi connectivity index (χ1) is 17.9. The van der Waals surface area contributed by atoms with Gasteiger partial charge in [-0.2, -0.15) is 0 Å². The SMILES string of the molecule is Cc1ccc(C)c(N(CC(=O)N(Cc2ccccc2C)[C@@H](C)C(=O)NC(C)C)S(=O)(=O)c2ccccc2)c1. The van der Waals surface area contributed by atoms with Gasteiger partial charge in [0.25, 0.3) is 10.0 Å². The fourth-order valence-electron chi connectivity index (χ4n) is 4.18. The molecule has 0 radical (unpaired) electrons. The maximum absolute atomic E-state index is 14.0. The zero-order valence-corrected chi connectivity index (χ0v) is 23.7. The molecule has 0 heterocycles. The minimum Gasteiger partial charge on any atom is -0.352 e. The molecule has 7 nitrogen and oxygen atoms in total. The first kappa shape index (κ1) is 28.9. The summed E-state index contributed by atoms with van der Waals surface area (Å²) in [7, 11) is -4.08. The van der Waals surface area contributed by atoms with Gasteiger partial charge >= 0.3 is 0 Å². The number of anilines is 1. The first-order valence-electron chi connectivity index (χ1n) is 12.7. The van der Waals surface area contributed by atoms with E-state index in [-0.39, 0.29) is 23.4 Å². The highest BCUT2D eigenvalue weighted by atomic mass is 32.2. The Morgan fingerprint density at radius 2 is 1.47 bits per heavy atom. The van der Waals surface area contributed by atoms with Gasteiger partial charge in [-0.05, 0) is 82.0 Å². The number of carbonyl (C=O) groups is 2. The van der Waals surface area contributed by atoms with Crippen molar-refractivity contribution in [2.24, 2.45) is 0 Å². The molecule has 1 N–H and O–H groups in total. The Labute approximate surface area is 226 Å². The predicted molar refractivity (Wildman–Crippen MR) is 151 cm³/mol. The second-order valence-corrected chi connectivity index (χ2v) is 11.8. The van der Waals surface area contributed by atoms with Crippen molar-refractivity contribution in [2.75, 3.05) is 10.8 Å².